The van der Waals surface area contributed by atoms with Crippen molar-refractivity contribution in [1.82, 2.24) is 25.2 Å². The van der Waals surface area contributed by atoms with Crippen molar-refractivity contribution in [1.29, 1.82) is 0 Å². The lowest BCUT2D eigenvalue weighted by molar-refractivity contribution is -0.137. The molecule has 2 heterocycles. The van der Waals surface area contributed by atoms with Gasteiger partial charge in [0, 0.05) is 20.0 Å². The maximum absolute atomic E-state index is 14.9. The van der Waals surface area contributed by atoms with Crippen LogP contribution < -0.4 is 10.2 Å². The molecule has 1 N–H and O–H groups in total. The van der Waals surface area contributed by atoms with Gasteiger partial charge >= 0.3 is 0 Å². The molecule has 2 amide bonds. The average molecular weight is 523 g/mol. The Morgan fingerprint density at radius 1 is 1.16 bits per heavy atom. The van der Waals surface area contributed by atoms with Crippen LogP contribution in [-0.2, 0) is 16.1 Å². The van der Waals surface area contributed by atoms with E-state index in [9.17, 15) is 18.4 Å². The second kappa shape index (κ2) is 10.9. The SMILES string of the molecule is CCn1cc(N(C)CC(=O)N2CC(F)CC2C(=O)NC(c2ccccc2)c2ccc(C3CC3)c(F)c2)nn1. The van der Waals surface area contributed by atoms with E-state index in [1.807, 2.05) is 43.3 Å². The van der Waals surface area contributed by atoms with Crippen LogP contribution in [0.5, 0.6) is 0 Å². The first-order chi connectivity index (χ1) is 18.3. The predicted molar refractivity (Wildman–Crippen MR) is 139 cm³/mol. The van der Waals surface area contributed by atoms with Gasteiger partial charge in [-0.05, 0) is 48.4 Å². The van der Waals surface area contributed by atoms with Gasteiger partial charge in [-0.25, -0.2) is 8.78 Å². The minimum Gasteiger partial charge on any atom is -0.348 e. The third-order valence-corrected chi connectivity index (χ3v) is 7.28. The number of aryl methyl sites for hydroxylation is 1. The summed E-state index contributed by atoms with van der Waals surface area (Å²) < 4.78 is 31.1. The molecule has 0 radical (unpaired) electrons. The quantitative estimate of drug-likeness (QED) is 0.465. The standard InChI is InChI=1S/C28H32F2N6O2/c1-3-35-16-25(32-33-35)34(2)17-26(37)36-15-21(29)14-24(36)28(38)31-27(19-7-5-4-6-8-19)20-11-12-22(18-9-10-18)23(30)13-20/h4-8,11-13,16,18,21,24,27H,3,9-10,14-15,17H2,1-2H3,(H,31,38). The summed E-state index contributed by atoms with van der Waals surface area (Å²) in [7, 11) is 1.70. The fourth-order valence-corrected chi connectivity index (χ4v) is 4.99. The molecule has 1 saturated carbocycles. The Morgan fingerprint density at radius 2 is 1.92 bits per heavy atom. The van der Waals surface area contributed by atoms with Crippen molar-refractivity contribution in [2.24, 2.45) is 0 Å². The van der Waals surface area contributed by atoms with Crippen LogP contribution in [0.1, 0.15) is 54.8 Å². The third kappa shape index (κ3) is 5.54. The number of likely N-dealkylation sites (tertiary alicyclic amines) is 1. The number of hydrogen-bond donors (Lipinski definition) is 1. The van der Waals surface area contributed by atoms with E-state index in [1.165, 1.54) is 11.0 Å². The summed E-state index contributed by atoms with van der Waals surface area (Å²) >= 11 is 0. The highest BCUT2D eigenvalue weighted by Crippen LogP contribution is 2.42. The molecule has 5 rings (SSSR count). The lowest BCUT2D eigenvalue weighted by Crippen LogP contribution is -2.49. The van der Waals surface area contributed by atoms with Gasteiger partial charge in [0.25, 0.3) is 0 Å². The summed E-state index contributed by atoms with van der Waals surface area (Å²) in [4.78, 5) is 29.6. The van der Waals surface area contributed by atoms with Gasteiger partial charge in [0.05, 0.1) is 25.3 Å². The normalized spacial score (nSPS) is 19.8. The second-order valence-electron chi connectivity index (χ2n) is 10.1. The van der Waals surface area contributed by atoms with Crippen LogP contribution >= 0.6 is 0 Å². The van der Waals surface area contributed by atoms with E-state index < -0.39 is 24.2 Å². The third-order valence-electron chi connectivity index (χ3n) is 7.28. The molecule has 2 fully saturated rings. The molecular weight excluding hydrogens is 490 g/mol. The number of benzene rings is 2. The number of alkyl halides is 1. The molecule has 2 aromatic carbocycles. The van der Waals surface area contributed by atoms with E-state index in [0.717, 1.165) is 18.4 Å². The second-order valence-corrected chi connectivity index (χ2v) is 10.1. The number of anilines is 1. The molecule has 3 unspecified atom stereocenters. The van der Waals surface area contributed by atoms with Crippen molar-refractivity contribution < 1.29 is 18.4 Å². The number of nitrogens with zero attached hydrogens (tertiary/aromatic N) is 5. The number of amides is 2. The predicted octanol–water partition coefficient (Wildman–Crippen LogP) is 3.60. The van der Waals surface area contributed by atoms with Crippen LogP contribution in [0, 0.1) is 5.82 Å². The summed E-state index contributed by atoms with van der Waals surface area (Å²) in [6.07, 6.45) is 2.28. The molecule has 10 heteroatoms. The van der Waals surface area contributed by atoms with E-state index in [4.69, 9.17) is 0 Å². The number of hydrogen-bond acceptors (Lipinski definition) is 5. The first-order valence-corrected chi connectivity index (χ1v) is 13.0. The van der Waals surface area contributed by atoms with Crippen molar-refractivity contribution in [2.75, 3.05) is 25.0 Å². The van der Waals surface area contributed by atoms with Crippen molar-refractivity contribution in [3.05, 3.63) is 77.2 Å². The maximum Gasteiger partial charge on any atom is 0.243 e. The van der Waals surface area contributed by atoms with Crippen molar-refractivity contribution in [3.8, 4) is 0 Å². The van der Waals surface area contributed by atoms with Gasteiger partial charge in [-0.3, -0.25) is 14.3 Å². The Balaban J connectivity index is 1.34. The number of aromatic nitrogens is 3. The molecule has 0 spiro atoms. The number of carbonyl (C=O) groups excluding carboxylic acids is 2. The molecule has 200 valence electrons. The molecule has 1 aliphatic heterocycles. The molecule has 3 aromatic rings. The number of rotatable bonds is 9. The molecule has 38 heavy (non-hydrogen) atoms. The monoisotopic (exact) mass is 522 g/mol. The summed E-state index contributed by atoms with van der Waals surface area (Å²) in [5.41, 5.74) is 2.06. The van der Waals surface area contributed by atoms with Gasteiger partial charge in [-0.2, -0.15) is 0 Å². The summed E-state index contributed by atoms with van der Waals surface area (Å²) in [5, 5.41) is 11.0. The molecule has 8 nitrogen and oxygen atoms in total. The molecule has 3 atom stereocenters. The van der Waals surface area contributed by atoms with Gasteiger partial charge in [-0.1, -0.05) is 47.7 Å². The topological polar surface area (TPSA) is 83.4 Å². The van der Waals surface area contributed by atoms with E-state index in [2.05, 4.69) is 15.6 Å². The van der Waals surface area contributed by atoms with Crippen molar-refractivity contribution >= 4 is 17.6 Å². The van der Waals surface area contributed by atoms with Gasteiger partial charge in [0.2, 0.25) is 11.8 Å². The number of halogens is 2. The number of carbonyl (C=O) groups is 2. The fraction of sp³-hybridized carbons (Fsp3) is 0.429. The van der Waals surface area contributed by atoms with Crippen LogP contribution in [-0.4, -0.2) is 64.1 Å². The number of nitrogens with one attached hydrogen (secondary N) is 1. The van der Waals surface area contributed by atoms with Crippen LogP contribution in [0.3, 0.4) is 0 Å². The molecular formula is C28H32F2N6O2. The summed E-state index contributed by atoms with van der Waals surface area (Å²) in [5.74, 6) is -0.366. The van der Waals surface area contributed by atoms with Crippen molar-refractivity contribution in [2.45, 2.75) is 56.9 Å². The lowest BCUT2D eigenvalue weighted by Gasteiger charge is -2.28. The highest BCUT2D eigenvalue weighted by molar-refractivity contribution is 5.90. The first-order valence-electron chi connectivity index (χ1n) is 13.0. The van der Waals surface area contributed by atoms with Crippen LogP contribution in [0.15, 0.2) is 54.7 Å². The minimum atomic E-state index is -1.31. The van der Waals surface area contributed by atoms with Gasteiger partial charge in [-0.15, -0.1) is 5.10 Å². The largest absolute Gasteiger partial charge is 0.348 e. The van der Waals surface area contributed by atoms with E-state index >= 15 is 0 Å². The summed E-state index contributed by atoms with van der Waals surface area (Å²) in [6.45, 7) is 2.33. The zero-order chi connectivity index (χ0) is 26.8. The zero-order valence-corrected chi connectivity index (χ0v) is 21.6. The minimum absolute atomic E-state index is 0.0745. The molecule has 1 saturated heterocycles. The molecule has 1 aliphatic carbocycles. The van der Waals surface area contributed by atoms with Gasteiger partial charge < -0.3 is 15.1 Å². The number of likely N-dealkylation sites (N-methyl/N-ethyl adjacent to an activating group) is 1. The average Bonchev–Trinajstić information content (AvgIpc) is 3.49. The first kappa shape index (κ1) is 25.8. The van der Waals surface area contributed by atoms with Gasteiger partial charge in [0.1, 0.15) is 18.0 Å². The summed E-state index contributed by atoms with van der Waals surface area (Å²) in [6, 6.07) is 12.7. The van der Waals surface area contributed by atoms with Crippen LogP contribution in [0.2, 0.25) is 0 Å². The Hall–Kier alpha value is -3.82. The Labute approximate surface area is 220 Å². The molecule has 2 aliphatic rings. The Morgan fingerprint density at radius 3 is 2.58 bits per heavy atom. The van der Waals surface area contributed by atoms with Crippen LogP contribution in [0.25, 0.3) is 0 Å². The van der Waals surface area contributed by atoms with Gasteiger partial charge in [0.15, 0.2) is 5.82 Å². The fourth-order valence-electron chi connectivity index (χ4n) is 4.99. The van der Waals surface area contributed by atoms with E-state index in [1.54, 1.807) is 28.9 Å². The van der Waals surface area contributed by atoms with Crippen LogP contribution in [0.4, 0.5) is 14.6 Å². The van der Waals surface area contributed by atoms with E-state index in [0.29, 0.717) is 23.5 Å². The Bertz CT molecular complexity index is 1300. The highest BCUT2D eigenvalue weighted by atomic mass is 19.1. The molecule has 1 aromatic heterocycles. The van der Waals surface area contributed by atoms with E-state index in [-0.39, 0.29) is 37.2 Å². The lowest BCUT2D eigenvalue weighted by atomic mass is 9.96. The van der Waals surface area contributed by atoms with Crippen molar-refractivity contribution in [3.63, 3.8) is 0 Å². The smallest absolute Gasteiger partial charge is 0.243 e. The maximum atomic E-state index is 14.9. The zero-order valence-electron chi connectivity index (χ0n) is 21.6. The molecule has 0 bridgehead atoms. The highest BCUT2D eigenvalue weighted by Gasteiger charge is 2.41. The Kier molecular flexibility index (Phi) is 7.40.